The van der Waals surface area contributed by atoms with Gasteiger partial charge in [0.05, 0.1) is 16.5 Å². The highest BCUT2D eigenvalue weighted by molar-refractivity contribution is 7.99. The number of benzene rings is 2. The molecule has 0 aliphatic heterocycles. The van der Waals surface area contributed by atoms with Crippen molar-refractivity contribution in [3.05, 3.63) is 59.1 Å². The van der Waals surface area contributed by atoms with Crippen LogP contribution in [-0.2, 0) is 4.79 Å². The van der Waals surface area contributed by atoms with Gasteiger partial charge in [-0.3, -0.25) is 9.89 Å². The molecule has 24 heavy (non-hydrogen) atoms. The van der Waals surface area contributed by atoms with Crippen LogP contribution in [0.15, 0.2) is 53.7 Å². The third-order valence-electron chi connectivity index (χ3n) is 3.35. The van der Waals surface area contributed by atoms with E-state index in [1.54, 1.807) is 12.1 Å². The van der Waals surface area contributed by atoms with Crippen molar-refractivity contribution in [2.75, 3.05) is 11.1 Å². The summed E-state index contributed by atoms with van der Waals surface area (Å²) < 4.78 is 0. The Labute approximate surface area is 148 Å². The lowest BCUT2D eigenvalue weighted by Crippen LogP contribution is -2.14. The fraction of sp³-hybridized carbons (Fsp3) is 0.118. The number of thioether (sulfide) groups is 1. The van der Waals surface area contributed by atoms with Crippen molar-refractivity contribution in [3.8, 4) is 11.4 Å². The minimum absolute atomic E-state index is 0.157. The Hall–Kier alpha value is -2.31. The number of aromatic nitrogens is 3. The summed E-state index contributed by atoms with van der Waals surface area (Å²) >= 11 is 7.29. The van der Waals surface area contributed by atoms with Crippen molar-refractivity contribution in [3.63, 3.8) is 0 Å². The zero-order valence-corrected chi connectivity index (χ0v) is 14.5. The van der Waals surface area contributed by atoms with Gasteiger partial charge in [-0.05, 0) is 24.6 Å². The summed E-state index contributed by atoms with van der Waals surface area (Å²) in [5.74, 6) is 0.744. The molecule has 1 heterocycles. The number of rotatable bonds is 5. The van der Waals surface area contributed by atoms with Crippen LogP contribution < -0.4 is 5.32 Å². The van der Waals surface area contributed by atoms with Crippen LogP contribution in [0.4, 0.5) is 5.69 Å². The van der Waals surface area contributed by atoms with Crippen LogP contribution in [0, 0.1) is 6.92 Å². The summed E-state index contributed by atoms with van der Waals surface area (Å²) in [7, 11) is 0. The molecule has 7 heteroatoms. The molecule has 0 saturated heterocycles. The fourth-order valence-electron chi connectivity index (χ4n) is 2.15. The number of amides is 1. The maximum Gasteiger partial charge on any atom is 0.234 e. The van der Waals surface area contributed by atoms with Crippen LogP contribution in [0.1, 0.15) is 5.56 Å². The quantitative estimate of drug-likeness (QED) is 0.672. The second kappa shape index (κ2) is 7.51. The molecule has 3 aromatic rings. The first kappa shape index (κ1) is 16.5. The van der Waals surface area contributed by atoms with Gasteiger partial charge in [0.25, 0.3) is 0 Å². The second-order valence-corrected chi connectivity index (χ2v) is 6.45. The highest BCUT2D eigenvalue weighted by atomic mass is 35.5. The van der Waals surface area contributed by atoms with E-state index in [1.165, 1.54) is 11.8 Å². The van der Waals surface area contributed by atoms with E-state index in [1.807, 2.05) is 43.3 Å². The van der Waals surface area contributed by atoms with Gasteiger partial charge in [0.2, 0.25) is 11.1 Å². The third-order valence-corrected chi connectivity index (χ3v) is 4.52. The van der Waals surface area contributed by atoms with Crippen molar-refractivity contribution in [2.24, 2.45) is 0 Å². The Morgan fingerprint density at radius 2 is 1.96 bits per heavy atom. The van der Waals surface area contributed by atoms with Crippen LogP contribution in [-0.4, -0.2) is 26.8 Å². The monoisotopic (exact) mass is 358 g/mol. The first-order chi connectivity index (χ1) is 11.6. The van der Waals surface area contributed by atoms with E-state index >= 15 is 0 Å². The zero-order chi connectivity index (χ0) is 16.9. The van der Waals surface area contributed by atoms with Crippen LogP contribution in [0.3, 0.4) is 0 Å². The van der Waals surface area contributed by atoms with Gasteiger partial charge in [-0.15, -0.1) is 5.10 Å². The summed E-state index contributed by atoms with van der Waals surface area (Å²) in [5.41, 5.74) is 2.71. The molecule has 0 bridgehead atoms. The molecule has 1 amide bonds. The zero-order valence-electron chi connectivity index (χ0n) is 12.9. The lowest BCUT2D eigenvalue weighted by Gasteiger charge is -2.05. The Morgan fingerprint density at radius 1 is 1.21 bits per heavy atom. The average molecular weight is 359 g/mol. The largest absolute Gasteiger partial charge is 0.324 e. The molecule has 0 aliphatic carbocycles. The van der Waals surface area contributed by atoms with Crippen LogP contribution in [0.5, 0.6) is 0 Å². The summed E-state index contributed by atoms with van der Waals surface area (Å²) in [5, 5.41) is 10.9. The number of hydrogen-bond acceptors (Lipinski definition) is 4. The molecule has 0 atom stereocenters. The summed E-state index contributed by atoms with van der Waals surface area (Å²) in [6, 6.07) is 15.0. The molecule has 5 nitrogen and oxygen atoms in total. The number of nitrogens with one attached hydrogen (secondary N) is 2. The fourth-order valence-corrected chi connectivity index (χ4v) is 2.93. The van der Waals surface area contributed by atoms with E-state index in [9.17, 15) is 4.79 Å². The number of carbonyl (C=O) groups excluding carboxylic acids is 1. The van der Waals surface area contributed by atoms with Crippen LogP contribution in [0.25, 0.3) is 11.4 Å². The van der Waals surface area contributed by atoms with Crippen LogP contribution >= 0.6 is 23.4 Å². The minimum Gasteiger partial charge on any atom is -0.324 e. The number of H-pyrrole nitrogens is 1. The lowest BCUT2D eigenvalue weighted by atomic mass is 10.1. The summed E-state index contributed by atoms with van der Waals surface area (Å²) in [4.78, 5) is 16.4. The molecule has 2 N–H and O–H groups in total. The molecule has 3 rings (SSSR count). The molecule has 2 aromatic carbocycles. The predicted octanol–water partition coefficient (Wildman–Crippen LogP) is 4.16. The third kappa shape index (κ3) is 3.96. The highest BCUT2D eigenvalue weighted by Crippen LogP contribution is 2.23. The van der Waals surface area contributed by atoms with E-state index in [2.05, 4.69) is 20.5 Å². The van der Waals surface area contributed by atoms with E-state index in [0.717, 1.165) is 11.1 Å². The molecular formula is C17H15ClN4OS. The SMILES string of the molecule is Cc1ccccc1-c1nc(SCC(=O)Nc2ccccc2Cl)n[nH]1. The lowest BCUT2D eigenvalue weighted by molar-refractivity contribution is -0.113. The van der Waals surface area contributed by atoms with Crippen molar-refractivity contribution in [2.45, 2.75) is 12.1 Å². The van der Waals surface area contributed by atoms with Crippen LogP contribution in [0.2, 0.25) is 5.02 Å². The van der Waals surface area contributed by atoms with Crippen molar-refractivity contribution < 1.29 is 4.79 Å². The Kier molecular flexibility index (Phi) is 5.17. The molecule has 0 unspecified atom stereocenters. The van der Waals surface area contributed by atoms with Crippen molar-refractivity contribution in [1.29, 1.82) is 0 Å². The Bertz CT molecular complexity index is 865. The van der Waals surface area contributed by atoms with Crippen molar-refractivity contribution >= 4 is 35.0 Å². The van der Waals surface area contributed by atoms with Gasteiger partial charge < -0.3 is 5.32 Å². The smallest absolute Gasteiger partial charge is 0.234 e. The molecule has 0 aliphatic rings. The number of para-hydroxylation sites is 1. The molecule has 0 fully saturated rings. The van der Waals surface area contributed by atoms with Gasteiger partial charge in [0.15, 0.2) is 5.82 Å². The van der Waals surface area contributed by atoms with Crippen molar-refractivity contribution in [1.82, 2.24) is 15.2 Å². The van der Waals surface area contributed by atoms with Gasteiger partial charge in [0, 0.05) is 5.56 Å². The first-order valence-electron chi connectivity index (χ1n) is 7.29. The molecule has 0 saturated carbocycles. The summed E-state index contributed by atoms with van der Waals surface area (Å²) in [6.07, 6.45) is 0. The number of carbonyl (C=O) groups is 1. The molecule has 0 spiro atoms. The van der Waals surface area contributed by atoms with Gasteiger partial charge in [-0.2, -0.15) is 0 Å². The first-order valence-corrected chi connectivity index (χ1v) is 8.65. The van der Waals surface area contributed by atoms with E-state index in [-0.39, 0.29) is 11.7 Å². The maximum absolute atomic E-state index is 12.0. The number of anilines is 1. The van der Waals surface area contributed by atoms with E-state index in [0.29, 0.717) is 21.7 Å². The molecular weight excluding hydrogens is 344 g/mol. The molecule has 0 radical (unpaired) electrons. The average Bonchev–Trinajstić information content (AvgIpc) is 3.04. The number of aromatic amines is 1. The Balaban J connectivity index is 1.61. The van der Waals surface area contributed by atoms with E-state index in [4.69, 9.17) is 11.6 Å². The van der Waals surface area contributed by atoms with Gasteiger partial charge in [-0.25, -0.2) is 4.98 Å². The predicted molar refractivity (Wildman–Crippen MR) is 97.4 cm³/mol. The van der Waals surface area contributed by atoms with Gasteiger partial charge in [-0.1, -0.05) is 59.8 Å². The van der Waals surface area contributed by atoms with Gasteiger partial charge >= 0.3 is 0 Å². The standard InChI is InChI=1S/C17H15ClN4OS/c1-11-6-2-3-7-12(11)16-20-17(22-21-16)24-10-15(23)19-14-9-5-4-8-13(14)18/h2-9H,10H2,1H3,(H,19,23)(H,20,21,22). The molecule has 122 valence electrons. The van der Waals surface area contributed by atoms with Gasteiger partial charge in [0.1, 0.15) is 0 Å². The number of halogens is 1. The highest BCUT2D eigenvalue weighted by Gasteiger charge is 2.11. The minimum atomic E-state index is -0.157. The number of nitrogens with zero attached hydrogens (tertiary/aromatic N) is 2. The summed E-state index contributed by atoms with van der Waals surface area (Å²) in [6.45, 7) is 2.02. The Morgan fingerprint density at radius 3 is 2.75 bits per heavy atom. The van der Waals surface area contributed by atoms with E-state index < -0.39 is 0 Å². The number of hydrogen-bond donors (Lipinski definition) is 2. The molecule has 1 aromatic heterocycles. The topological polar surface area (TPSA) is 70.7 Å². The normalized spacial score (nSPS) is 10.6. The number of aryl methyl sites for hydroxylation is 1. The maximum atomic E-state index is 12.0. The second-order valence-electron chi connectivity index (χ2n) is 5.10.